The molecule has 0 aliphatic rings. The average Bonchev–Trinajstić information content (AvgIpc) is 2.48. The molecule has 5 nitrogen and oxygen atoms in total. The molecule has 0 saturated heterocycles. The maximum atomic E-state index is 12.6. The second kappa shape index (κ2) is 4.96. The number of halogens is 1. The highest BCUT2D eigenvalue weighted by Gasteiger charge is 2.11. The van der Waals surface area contributed by atoms with Gasteiger partial charge >= 0.3 is 0 Å². The Kier molecular flexibility index (Phi) is 3.14. The summed E-state index contributed by atoms with van der Waals surface area (Å²) in [7, 11) is 0. The van der Waals surface area contributed by atoms with Crippen LogP contribution >= 0.6 is 11.6 Å². The highest BCUT2D eigenvalue weighted by Crippen LogP contribution is 2.17. The Bertz CT molecular complexity index is 827. The van der Waals surface area contributed by atoms with Crippen LogP contribution in [0.5, 0.6) is 0 Å². The molecule has 100 valence electrons. The molecule has 0 unspecified atom stereocenters. The molecule has 0 saturated carbocycles. The van der Waals surface area contributed by atoms with Crippen LogP contribution in [0.15, 0.2) is 53.3 Å². The summed E-state index contributed by atoms with van der Waals surface area (Å²) >= 11 is 5.86. The Balaban J connectivity index is 2.36. The van der Waals surface area contributed by atoms with E-state index in [-0.39, 0.29) is 11.5 Å². The number of hydrogen-bond acceptors (Lipinski definition) is 4. The van der Waals surface area contributed by atoms with Gasteiger partial charge in [0.25, 0.3) is 5.56 Å². The number of benzene rings is 2. The van der Waals surface area contributed by atoms with Crippen molar-refractivity contribution in [2.24, 2.45) is 5.84 Å². The summed E-state index contributed by atoms with van der Waals surface area (Å²) in [6.45, 7) is 0. The summed E-state index contributed by atoms with van der Waals surface area (Å²) in [4.78, 5) is 16.9. The molecular weight excluding hydrogens is 276 g/mol. The minimum absolute atomic E-state index is 0.189. The van der Waals surface area contributed by atoms with Gasteiger partial charge in [0.05, 0.1) is 16.6 Å². The predicted molar refractivity (Wildman–Crippen MR) is 80.2 cm³/mol. The molecule has 0 spiro atoms. The van der Waals surface area contributed by atoms with Crippen LogP contribution in [0, 0.1) is 0 Å². The summed E-state index contributed by atoms with van der Waals surface area (Å²) in [6, 6.07) is 14.0. The monoisotopic (exact) mass is 286 g/mol. The fourth-order valence-electron chi connectivity index (χ4n) is 2.06. The van der Waals surface area contributed by atoms with Gasteiger partial charge in [-0.2, -0.15) is 0 Å². The number of hydrazine groups is 1. The van der Waals surface area contributed by atoms with Crippen LogP contribution in [0.25, 0.3) is 16.6 Å². The molecule has 0 aliphatic heterocycles. The van der Waals surface area contributed by atoms with Crippen molar-refractivity contribution in [2.75, 3.05) is 5.43 Å². The lowest BCUT2D eigenvalue weighted by Crippen LogP contribution is -2.25. The van der Waals surface area contributed by atoms with E-state index in [1.807, 2.05) is 6.07 Å². The normalized spacial score (nSPS) is 10.7. The first kappa shape index (κ1) is 12.7. The van der Waals surface area contributed by atoms with Crippen LogP contribution in [0.2, 0.25) is 5.02 Å². The van der Waals surface area contributed by atoms with Gasteiger partial charge in [0.1, 0.15) is 0 Å². The van der Waals surface area contributed by atoms with Crippen LogP contribution in [-0.2, 0) is 0 Å². The minimum atomic E-state index is -0.189. The Morgan fingerprint density at radius 1 is 1.10 bits per heavy atom. The molecule has 6 heteroatoms. The van der Waals surface area contributed by atoms with Crippen LogP contribution in [0.3, 0.4) is 0 Å². The summed E-state index contributed by atoms with van der Waals surface area (Å²) in [5.41, 5.74) is 3.51. The number of nitrogen functional groups attached to an aromatic ring is 1. The van der Waals surface area contributed by atoms with Crippen LogP contribution < -0.4 is 16.8 Å². The van der Waals surface area contributed by atoms with Crippen molar-refractivity contribution in [1.82, 2.24) is 9.55 Å². The minimum Gasteiger partial charge on any atom is -0.293 e. The van der Waals surface area contributed by atoms with E-state index in [9.17, 15) is 4.79 Å². The Morgan fingerprint density at radius 3 is 2.50 bits per heavy atom. The molecule has 0 fully saturated rings. The summed E-state index contributed by atoms with van der Waals surface area (Å²) in [5.74, 6) is 5.75. The number of nitrogens with two attached hydrogens (primary N) is 1. The number of para-hydroxylation sites is 1. The van der Waals surface area contributed by atoms with Gasteiger partial charge in [-0.25, -0.2) is 15.4 Å². The van der Waals surface area contributed by atoms with Crippen LogP contribution in [0.4, 0.5) is 5.95 Å². The lowest BCUT2D eigenvalue weighted by molar-refractivity contribution is 0.955. The van der Waals surface area contributed by atoms with E-state index in [2.05, 4.69) is 10.4 Å². The number of nitrogens with zero attached hydrogens (tertiary/aromatic N) is 2. The second-order valence-corrected chi connectivity index (χ2v) is 4.65. The van der Waals surface area contributed by atoms with E-state index in [0.717, 1.165) is 0 Å². The van der Waals surface area contributed by atoms with E-state index < -0.39 is 0 Å². The number of hydrogen-bond donors (Lipinski definition) is 2. The molecule has 1 heterocycles. The van der Waals surface area contributed by atoms with Crippen molar-refractivity contribution in [3.8, 4) is 5.69 Å². The van der Waals surface area contributed by atoms with Crippen LogP contribution in [0.1, 0.15) is 0 Å². The maximum absolute atomic E-state index is 12.6. The Hall–Kier alpha value is -2.37. The second-order valence-electron chi connectivity index (χ2n) is 4.21. The van der Waals surface area contributed by atoms with Gasteiger partial charge in [-0.05, 0) is 36.4 Å². The zero-order chi connectivity index (χ0) is 14.1. The Labute approximate surface area is 119 Å². The van der Waals surface area contributed by atoms with Gasteiger partial charge in [0.2, 0.25) is 5.95 Å². The topological polar surface area (TPSA) is 72.9 Å². The van der Waals surface area contributed by atoms with Gasteiger partial charge < -0.3 is 0 Å². The fraction of sp³-hybridized carbons (Fsp3) is 0. The van der Waals surface area contributed by atoms with Crippen molar-refractivity contribution in [3.05, 3.63) is 63.9 Å². The van der Waals surface area contributed by atoms with Crippen LogP contribution in [-0.4, -0.2) is 9.55 Å². The summed E-state index contributed by atoms with van der Waals surface area (Å²) in [5, 5.41) is 1.12. The molecule has 0 amide bonds. The first-order valence-electron chi connectivity index (χ1n) is 5.95. The van der Waals surface area contributed by atoms with Crippen molar-refractivity contribution in [2.45, 2.75) is 0 Å². The van der Waals surface area contributed by atoms with Gasteiger partial charge in [0.15, 0.2) is 0 Å². The first-order valence-corrected chi connectivity index (χ1v) is 6.33. The molecule has 3 aromatic rings. The highest BCUT2D eigenvalue weighted by molar-refractivity contribution is 6.30. The van der Waals surface area contributed by atoms with Crippen molar-refractivity contribution in [3.63, 3.8) is 0 Å². The molecule has 0 bridgehead atoms. The zero-order valence-corrected chi connectivity index (χ0v) is 11.1. The third kappa shape index (κ3) is 2.03. The summed E-state index contributed by atoms with van der Waals surface area (Å²) < 4.78 is 1.42. The lowest BCUT2D eigenvalue weighted by atomic mass is 10.2. The molecule has 3 N–H and O–H groups in total. The van der Waals surface area contributed by atoms with E-state index in [1.54, 1.807) is 42.5 Å². The van der Waals surface area contributed by atoms with Crippen molar-refractivity contribution in [1.29, 1.82) is 0 Å². The van der Waals surface area contributed by atoms with E-state index in [0.29, 0.717) is 21.6 Å². The number of fused-ring (bicyclic) bond motifs is 1. The summed E-state index contributed by atoms with van der Waals surface area (Å²) in [6.07, 6.45) is 0. The van der Waals surface area contributed by atoms with Gasteiger partial charge in [-0.1, -0.05) is 23.7 Å². The quantitative estimate of drug-likeness (QED) is 0.560. The lowest BCUT2D eigenvalue weighted by Gasteiger charge is -2.12. The third-order valence-corrected chi connectivity index (χ3v) is 3.24. The van der Waals surface area contributed by atoms with Crippen molar-refractivity contribution >= 4 is 28.5 Å². The van der Waals surface area contributed by atoms with Gasteiger partial charge in [-0.3, -0.25) is 10.2 Å². The molecule has 0 radical (unpaired) electrons. The van der Waals surface area contributed by atoms with E-state index in [1.165, 1.54) is 4.57 Å². The van der Waals surface area contributed by atoms with E-state index in [4.69, 9.17) is 17.4 Å². The van der Waals surface area contributed by atoms with E-state index >= 15 is 0 Å². The SMILES string of the molecule is NNc1nc2ccccc2c(=O)n1-c1ccc(Cl)cc1. The molecule has 3 rings (SSSR count). The largest absolute Gasteiger partial charge is 0.293 e. The number of nitrogens with one attached hydrogen (secondary N) is 1. The average molecular weight is 287 g/mol. The van der Waals surface area contributed by atoms with Crippen molar-refractivity contribution < 1.29 is 0 Å². The highest BCUT2D eigenvalue weighted by atomic mass is 35.5. The first-order chi connectivity index (χ1) is 9.70. The third-order valence-electron chi connectivity index (χ3n) is 2.99. The number of anilines is 1. The fourth-order valence-corrected chi connectivity index (χ4v) is 2.19. The number of rotatable bonds is 2. The van der Waals surface area contributed by atoms with Gasteiger partial charge in [-0.15, -0.1) is 0 Å². The molecule has 0 aliphatic carbocycles. The van der Waals surface area contributed by atoms with Gasteiger partial charge in [0, 0.05) is 5.02 Å². The molecule has 20 heavy (non-hydrogen) atoms. The smallest absolute Gasteiger partial charge is 0.267 e. The molecule has 0 atom stereocenters. The maximum Gasteiger partial charge on any atom is 0.267 e. The Morgan fingerprint density at radius 2 is 1.80 bits per heavy atom. The predicted octanol–water partition coefficient (Wildman–Crippen LogP) is 2.32. The molecule has 2 aromatic carbocycles. The molecular formula is C14H11ClN4O. The zero-order valence-electron chi connectivity index (χ0n) is 10.4. The number of aromatic nitrogens is 2. The molecule has 1 aromatic heterocycles. The standard InChI is InChI=1S/C14H11ClN4O/c15-9-5-7-10(8-6-9)19-13(20)11-3-1-2-4-12(11)17-14(19)18-16/h1-8H,16H2,(H,17,18).